The summed E-state index contributed by atoms with van der Waals surface area (Å²) >= 11 is 0. The SMILES string of the molecule is COCCOc1cc(CN)cc(C(C)(C)C)n1. The highest BCUT2D eigenvalue weighted by molar-refractivity contribution is 5.28. The predicted molar refractivity (Wildman–Crippen MR) is 68.2 cm³/mol. The molecule has 1 aromatic rings. The topological polar surface area (TPSA) is 57.4 Å². The lowest BCUT2D eigenvalue weighted by molar-refractivity contribution is 0.143. The van der Waals surface area contributed by atoms with Crippen LogP contribution in [0, 0.1) is 0 Å². The maximum absolute atomic E-state index is 5.68. The first-order valence-electron chi connectivity index (χ1n) is 5.80. The summed E-state index contributed by atoms with van der Waals surface area (Å²) in [6.45, 7) is 7.91. The van der Waals surface area contributed by atoms with E-state index in [0.717, 1.165) is 11.3 Å². The van der Waals surface area contributed by atoms with Crippen LogP contribution in [0.25, 0.3) is 0 Å². The summed E-state index contributed by atoms with van der Waals surface area (Å²) in [5, 5.41) is 0. The lowest BCUT2D eigenvalue weighted by atomic mass is 9.91. The third kappa shape index (κ3) is 4.32. The first kappa shape index (κ1) is 13.9. The van der Waals surface area contributed by atoms with Crippen LogP contribution >= 0.6 is 0 Å². The summed E-state index contributed by atoms with van der Waals surface area (Å²) in [6.07, 6.45) is 0. The van der Waals surface area contributed by atoms with Gasteiger partial charge in [0.1, 0.15) is 6.61 Å². The van der Waals surface area contributed by atoms with Crippen molar-refractivity contribution >= 4 is 0 Å². The summed E-state index contributed by atoms with van der Waals surface area (Å²) in [5.74, 6) is 0.620. The Morgan fingerprint density at radius 2 is 1.94 bits per heavy atom. The Morgan fingerprint density at radius 1 is 1.24 bits per heavy atom. The summed E-state index contributed by atoms with van der Waals surface area (Å²) in [7, 11) is 1.65. The molecule has 0 aliphatic rings. The molecular weight excluding hydrogens is 216 g/mol. The zero-order valence-corrected chi connectivity index (χ0v) is 11.1. The Hall–Kier alpha value is -1.13. The van der Waals surface area contributed by atoms with Gasteiger partial charge >= 0.3 is 0 Å². The number of aromatic nitrogens is 1. The van der Waals surface area contributed by atoms with Crippen LogP contribution in [-0.4, -0.2) is 25.3 Å². The molecule has 4 heteroatoms. The van der Waals surface area contributed by atoms with Crippen LogP contribution in [-0.2, 0) is 16.7 Å². The molecule has 0 aromatic carbocycles. The molecule has 0 saturated heterocycles. The van der Waals surface area contributed by atoms with Gasteiger partial charge in [0, 0.05) is 25.1 Å². The fourth-order valence-electron chi connectivity index (χ4n) is 1.36. The van der Waals surface area contributed by atoms with Gasteiger partial charge in [0.25, 0.3) is 0 Å². The highest BCUT2D eigenvalue weighted by atomic mass is 16.5. The first-order chi connectivity index (χ1) is 7.97. The molecule has 0 amide bonds. The van der Waals surface area contributed by atoms with E-state index < -0.39 is 0 Å². The summed E-state index contributed by atoms with van der Waals surface area (Å²) < 4.78 is 10.5. The molecule has 0 spiro atoms. The van der Waals surface area contributed by atoms with Crippen molar-refractivity contribution in [3.63, 3.8) is 0 Å². The Bertz CT molecular complexity index is 359. The van der Waals surface area contributed by atoms with E-state index in [1.165, 1.54) is 0 Å². The zero-order valence-electron chi connectivity index (χ0n) is 11.1. The third-order valence-electron chi connectivity index (χ3n) is 2.40. The lowest BCUT2D eigenvalue weighted by Crippen LogP contribution is -2.16. The van der Waals surface area contributed by atoms with E-state index in [1.54, 1.807) is 7.11 Å². The highest BCUT2D eigenvalue weighted by Gasteiger charge is 2.17. The van der Waals surface area contributed by atoms with E-state index >= 15 is 0 Å². The van der Waals surface area contributed by atoms with Crippen LogP contribution in [0.2, 0.25) is 0 Å². The molecule has 1 rings (SSSR count). The fraction of sp³-hybridized carbons (Fsp3) is 0.615. The quantitative estimate of drug-likeness (QED) is 0.795. The van der Waals surface area contributed by atoms with Gasteiger partial charge < -0.3 is 15.2 Å². The van der Waals surface area contributed by atoms with Crippen LogP contribution in [0.1, 0.15) is 32.0 Å². The van der Waals surface area contributed by atoms with E-state index in [9.17, 15) is 0 Å². The summed E-state index contributed by atoms with van der Waals surface area (Å²) in [4.78, 5) is 4.49. The number of rotatable bonds is 5. The average Bonchev–Trinajstić information content (AvgIpc) is 2.28. The van der Waals surface area contributed by atoms with Gasteiger partial charge in [-0.2, -0.15) is 0 Å². The minimum absolute atomic E-state index is 0.00938. The molecule has 0 bridgehead atoms. The first-order valence-corrected chi connectivity index (χ1v) is 5.80. The monoisotopic (exact) mass is 238 g/mol. The molecule has 96 valence electrons. The summed E-state index contributed by atoms with van der Waals surface area (Å²) in [5.41, 5.74) is 7.70. The smallest absolute Gasteiger partial charge is 0.213 e. The molecule has 2 N–H and O–H groups in total. The number of hydrogen-bond donors (Lipinski definition) is 1. The van der Waals surface area contributed by atoms with Gasteiger partial charge in [-0.3, -0.25) is 0 Å². The molecule has 0 aliphatic carbocycles. The molecule has 0 aliphatic heterocycles. The van der Waals surface area contributed by atoms with E-state index in [-0.39, 0.29) is 5.41 Å². The van der Waals surface area contributed by atoms with Crippen LogP contribution < -0.4 is 10.5 Å². The second kappa shape index (κ2) is 5.98. The third-order valence-corrected chi connectivity index (χ3v) is 2.40. The van der Waals surface area contributed by atoms with Crippen molar-refractivity contribution in [3.05, 3.63) is 23.4 Å². The molecule has 0 atom stereocenters. The number of pyridine rings is 1. The van der Waals surface area contributed by atoms with Crippen molar-refractivity contribution in [3.8, 4) is 5.88 Å². The second-order valence-corrected chi connectivity index (χ2v) is 4.99. The maximum Gasteiger partial charge on any atom is 0.213 e. The molecule has 1 heterocycles. The van der Waals surface area contributed by atoms with Gasteiger partial charge in [0.05, 0.1) is 12.3 Å². The van der Waals surface area contributed by atoms with Crippen molar-refractivity contribution in [1.82, 2.24) is 4.98 Å². The van der Waals surface area contributed by atoms with Gasteiger partial charge in [-0.25, -0.2) is 4.98 Å². The molecular formula is C13H22N2O2. The maximum atomic E-state index is 5.68. The number of ether oxygens (including phenoxy) is 2. The minimum Gasteiger partial charge on any atom is -0.475 e. The van der Waals surface area contributed by atoms with E-state index in [0.29, 0.717) is 25.6 Å². The Kier molecular flexibility index (Phi) is 4.90. The fourth-order valence-corrected chi connectivity index (χ4v) is 1.36. The van der Waals surface area contributed by atoms with Crippen LogP contribution in [0.3, 0.4) is 0 Å². The second-order valence-electron chi connectivity index (χ2n) is 4.99. The molecule has 17 heavy (non-hydrogen) atoms. The molecule has 0 fully saturated rings. The van der Waals surface area contributed by atoms with Gasteiger partial charge in [-0.05, 0) is 11.6 Å². The van der Waals surface area contributed by atoms with Gasteiger partial charge in [-0.1, -0.05) is 20.8 Å². The molecule has 0 unspecified atom stereocenters. The lowest BCUT2D eigenvalue weighted by Gasteiger charge is -2.19. The minimum atomic E-state index is -0.00938. The molecule has 4 nitrogen and oxygen atoms in total. The average molecular weight is 238 g/mol. The van der Waals surface area contributed by atoms with E-state index in [2.05, 4.69) is 25.8 Å². The highest BCUT2D eigenvalue weighted by Crippen LogP contribution is 2.24. The van der Waals surface area contributed by atoms with E-state index in [4.69, 9.17) is 15.2 Å². The van der Waals surface area contributed by atoms with Crippen molar-refractivity contribution in [2.24, 2.45) is 5.73 Å². The molecule has 1 aromatic heterocycles. The number of methoxy groups -OCH3 is 1. The standard InChI is InChI=1S/C13H22N2O2/c1-13(2,3)11-7-10(9-14)8-12(15-11)17-6-5-16-4/h7-8H,5-6,9,14H2,1-4H3. The van der Waals surface area contributed by atoms with E-state index in [1.807, 2.05) is 12.1 Å². The van der Waals surface area contributed by atoms with Crippen LogP contribution in [0.5, 0.6) is 5.88 Å². The van der Waals surface area contributed by atoms with Gasteiger partial charge in [0.15, 0.2) is 0 Å². The van der Waals surface area contributed by atoms with Gasteiger partial charge in [-0.15, -0.1) is 0 Å². The number of nitrogens with zero attached hydrogens (tertiary/aromatic N) is 1. The summed E-state index contributed by atoms with van der Waals surface area (Å²) in [6, 6.07) is 3.91. The van der Waals surface area contributed by atoms with Crippen molar-refractivity contribution in [2.75, 3.05) is 20.3 Å². The number of nitrogens with two attached hydrogens (primary N) is 1. The molecule has 0 radical (unpaired) electrons. The largest absolute Gasteiger partial charge is 0.475 e. The van der Waals surface area contributed by atoms with Crippen LogP contribution in [0.15, 0.2) is 12.1 Å². The van der Waals surface area contributed by atoms with Crippen LogP contribution in [0.4, 0.5) is 0 Å². The van der Waals surface area contributed by atoms with Crippen molar-refractivity contribution in [1.29, 1.82) is 0 Å². The predicted octanol–water partition coefficient (Wildman–Crippen LogP) is 1.86. The van der Waals surface area contributed by atoms with Crippen molar-refractivity contribution < 1.29 is 9.47 Å². The van der Waals surface area contributed by atoms with Crippen molar-refractivity contribution in [2.45, 2.75) is 32.7 Å². The number of hydrogen-bond acceptors (Lipinski definition) is 4. The van der Waals surface area contributed by atoms with Gasteiger partial charge in [0.2, 0.25) is 5.88 Å². The Labute approximate surface area is 103 Å². The Morgan fingerprint density at radius 3 is 2.47 bits per heavy atom. The molecule has 0 saturated carbocycles. The zero-order chi connectivity index (χ0) is 12.9. The Balaban J connectivity index is 2.89. The normalized spacial score (nSPS) is 11.6.